The minimum absolute atomic E-state index is 0.000666. The first kappa shape index (κ1) is 16.4. The van der Waals surface area contributed by atoms with E-state index in [1.165, 1.54) is 23.5 Å². The molecule has 1 rings (SSSR count). The molecule has 0 fully saturated rings. The van der Waals surface area contributed by atoms with Crippen molar-refractivity contribution in [2.75, 3.05) is 0 Å². The van der Waals surface area contributed by atoms with Gasteiger partial charge in [-0.15, -0.1) is 11.8 Å². The lowest BCUT2D eigenvalue weighted by Crippen LogP contribution is -1.95. The van der Waals surface area contributed by atoms with E-state index < -0.39 is 0 Å². The summed E-state index contributed by atoms with van der Waals surface area (Å²) in [7, 11) is 0. The van der Waals surface area contributed by atoms with Gasteiger partial charge in [-0.05, 0) is 0 Å². The summed E-state index contributed by atoms with van der Waals surface area (Å²) in [5, 5.41) is 9.65. The van der Waals surface area contributed by atoms with E-state index in [1.54, 1.807) is 0 Å². The number of nitriles is 1. The van der Waals surface area contributed by atoms with Gasteiger partial charge in [-0.25, -0.2) is 4.98 Å². The van der Waals surface area contributed by atoms with E-state index in [0.717, 1.165) is 0 Å². The molecular weight excluding hydrogens is 351 g/mol. The molecule has 0 aliphatic rings. The highest BCUT2D eigenvalue weighted by Crippen LogP contribution is 2.40. The lowest BCUT2D eigenvalue weighted by Gasteiger charge is -2.10. The summed E-state index contributed by atoms with van der Waals surface area (Å²) in [4.78, 5) is 4.34. The Kier molecular flexibility index (Phi) is 6.52. The molecule has 0 atom stereocenters. The minimum Gasteiger partial charge on any atom is -0.222 e. The number of aromatic nitrogens is 1. The third-order valence-electron chi connectivity index (χ3n) is 1.64. The van der Waals surface area contributed by atoms with E-state index >= 15 is 0 Å². The molecule has 8 heteroatoms. The Morgan fingerprint density at radius 1 is 1.33 bits per heavy atom. The summed E-state index contributed by atoms with van der Waals surface area (Å²) >= 11 is 25.8. The third kappa shape index (κ3) is 4.16. The Bertz CT molecular complexity index is 526. The van der Waals surface area contributed by atoms with Crippen molar-refractivity contribution >= 4 is 74.1 Å². The average Bonchev–Trinajstić information content (AvgIpc) is 2.23. The molecule has 0 saturated carbocycles. The largest absolute Gasteiger partial charge is 0.222 e. The van der Waals surface area contributed by atoms with Gasteiger partial charge in [0.1, 0.15) is 25.5 Å². The van der Waals surface area contributed by atoms with Crippen molar-refractivity contribution in [2.24, 2.45) is 0 Å². The van der Waals surface area contributed by atoms with Crippen molar-refractivity contribution in [2.45, 2.75) is 24.0 Å². The second-order valence-corrected chi connectivity index (χ2v) is 8.23. The fraction of sp³-hybridized carbons (Fsp3) is 0.300. The molecule has 0 spiro atoms. The first-order chi connectivity index (χ1) is 8.36. The van der Waals surface area contributed by atoms with Crippen LogP contribution in [0.25, 0.3) is 0 Å². The van der Waals surface area contributed by atoms with Crippen LogP contribution in [0.1, 0.15) is 19.4 Å². The summed E-state index contributed by atoms with van der Waals surface area (Å²) in [6.07, 6.45) is 0. The average molecular weight is 358 g/mol. The number of pyridine rings is 1. The molecule has 0 aliphatic heterocycles. The fourth-order valence-corrected chi connectivity index (χ4v) is 4.68. The van der Waals surface area contributed by atoms with Gasteiger partial charge in [0.15, 0.2) is 0 Å². The molecule has 0 N–H and O–H groups in total. The summed E-state index contributed by atoms with van der Waals surface area (Å²) in [6, 6.07) is 1.90. The van der Waals surface area contributed by atoms with Crippen LogP contribution in [-0.2, 0) is 0 Å². The standard InChI is InChI=1S/C10H7Cl3N2S3/c1-4(2)17-10(16)18-7-6(11)5(3-14)8(12)15-9(7)13/h4H,1-2H3. The number of hydrogen-bond donors (Lipinski definition) is 0. The van der Waals surface area contributed by atoms with E-state index in [1.807, 2.05) is 19.9 Å². The Hall–Kier alpha value is 0.300. The maximum absolute atomic E-state index is 8.94. The van der Waals surface area contributed by atoms with Crippen LogP contribution in [0.5, 0.6) is 0 Å². The van der Waals surface area contributed by atoms with Gasteiger partial charge >= 0.3 is 0 Å². The molecule has 0 amide bonds. The molecular formula is C10H7Cl3N2S3. The van der Waals surface area contributed by atoms with Crippen LogP contribution < -0.4 is 0 Å². The van der Waals surface area contributed by atoms with Crippen LogP contribution in [0.15, 0.2) is 4.90 Å². The van der Waals surface area contributed by atoms with E-state index in [2.05, 4.69) is 4.98 Å². The molecule has 1 aromatic heterocycles. The first-order valence-corrected chi connectivity index (χ1v) is 7.93. The summed E-state index contributed by atoms with van der Waals surface area (Å²) in [6.45, 7) is 4.06. The molecule has 96 valence electrons. The zero-order valence-electron chi connectivity index (χ0n) is 9.33. The number of nitrogens with zero attached hydrogens (tertiary/aromatic N) is 2. The van der Waals surface area contributed by atoms with Crippen molar-refractivity contribution in [3.8, 4) is 6.07 Å². The highest BCUT2D eigenvalue weighted by Gasteiger charge is 2.18. The molecule has 0 aromatic carbocycles. The van der Waals surface area contributed by atoms with Crippen LogP contribution in [0.3, 0.4) is 0 Å². The number of rotatable bonds is 2. The molecule has 0 aliphatic carbocycles. The zero-order chi connectivity index (χ0) is 13.9. The monoisotopic (exact) mass is 356 g/mol. The Morgan fingerprint density at radius 3 is 2.44 bits per heavy atom. The van der Waals surface area contributed by atoms with Crippen molar-refractivity contribution in [1.29, 1.82) is 5.26 Å². The molecule has 0 unspecified atom stereocenters. The Labute approximate surface area is 134 Å². The molecule has 18 heavy (non-hydrogen) atoms. The van der Waals surface area contributed by atoms with Gasteiger partial charge in [-0.3, -0.25) is 0 Å². The molecule has 1 heterocycles. The maximum atomic E-state index is 8.94. The maximum Gasteiger partial charge on any atom is 0.150 e. The minimum atomic E-state index is -0.000666. The topological polar surface area (TPSA) is 36.7 Å². The van der Waals surface area contributed by atoms with Gasteiger partial charge in [0.05, 0.1) is 9.92 Å². The highest BCUT2D eigenvalue weighted by atomic mass is 35.5. The normalized spacial score (nSPS) is 10.5. The summed E-state index contributed by atoms with van der Waals surface area (Å²) in [5.74, 6) is 0. The van der Waals surface area contributed by atoms with Crippen LogP contribution >= 0.6 is 70.5 Å². The van der Waals surface area contributed by atoms with Gasteiger partial charge in [-0.2, -0.15) is 5.26 Å². The quantitative estimate of drug-likeness (QED) is 0.400. The number of halogens is 3. The smallest absolute Gasteiger partial charge is 0.150 e. The Balaban J connectivity index is 3.11. The van der Waals surface area contributed by atoms with Crippen LogP contribution in [0.4, 0.5) is 0 Å². The predicted molar refractivity (Wildman–Crippen MR) is 85.2 cm³/mol. The van der Waals surface area contributed by atoms with Gasteiger partial charge in [-0.1, -0.05) is 72.6 Å². The van der Waals surface area contributed by atoms with Crippen molar-refractivity contribution < 1.29 is 0 Å². The molecule has 0 radical (unpaired) electrons. The Morgan fingerprint density at radius 2 is 1.94 bits per heavy atom. The second-order valence-electron chi connectivity index (χ2n) is 3.34. The van der Waals surface area contributed by atoms with Gasteiger partial charge in [0.25, 0.3) is 0 Å². The third-order valence-corrected chi connectivity index (χ3v) is 5.30. The van der Waals surface area contributed by atoms with Gasteiger partial charge < -0.3 is 0 Å². The lowest BCUT2D eigenvalue weighted by atomic mass is 10.3. The van der Waals surface area contributed by atoms with E-state index in [-0.39, 0.29) is 20.9 Å². The summed E-state index contributed by atoms with van der Waals surface area (Å²) < 4.78 is 0.668. The molecule has 1 aromatic rings. The molecule has 0 bridgehead atoms. The SMILES string of the molecule is CC(C)SC(=S)Sc1c(Cl)nc(Cl)c(C#N)c1Cl. The van der Waals surface area contributed by atoms with Crippen molar-refractivity contribution in [3.05, 3.63) is 20.9 Å². The van der Waals surface area contributed by atoms with E-state index in [4.69, 9.17) is 52.3 Å². The number of hydrogen-bond acceptors (Lipinski definition) is 5. The van der Waals surface area contributed by atoms with Crippen molar-refractivity contribution in [1.82, 2.24) is 4.98 Å². The number of thioether (sulfide) groups is 2. The van der Waals surface area contributed by atoms with Crippen LogP contribution in [0.2, 0.25) is 15.3 Å². The molecule has 2 nitrogen and oxygen atoms in total. The van der Waals surface area contributed by atoms with E-state index in [0.29, 0.717) is 13.7 Å². The summed E-state index contributed by atoms with van der Waals surface area (Å²) in [5.41, 5.74) is 0.114. The highest BCUT2D eigenvalue weighted by molar-refractivity contribution is 8.47. The second kappa shape index (κ2) is 7.18. The van der Waals surface area contributed by atoms with Crippen LogP contribution in [0, 0.1) is 11.3 Å². The zero-order valence-corrected chi connectivity index (χ0v) is 14.0. The molecule has 0 saturated heterocycles. The van der Waals surface area contributed by atoms with Gasteiger partial charge in [0.2, 0.25) is 0 Å². The predicted octanol–water partition coefficient (Wildman–Crippen LogP) is 5.43. The van der Waals surface area contributed by atoms with Crippen LogP contribution in [-0.4, -0.2) is 13.8 Å². The fourth-order valence-electron chi connectivity index (χ4n) is 0.969. The van der Waals surface area contributed by atoms with Gasteiger partial charge in [0, 0.05) is 5.25 Å². The first-order valence-electron chi connectivity index (χ1n) is 4.69. The van der Waals surface area contributed by atoms with E-state index in [9.17, 15) is 0 Å². The lowest BCUT2D eigenvalue weighted by molar-refractivity contribution is 1.12. The number of thiocarbonyl (C=S) groups is 1. The van der Waals surface area contributed by atoms with Crippen molar-refractivity contribution in [3.63, 3.8) is 0 Å².